The van der Waals surface area contributed by atoms with Crippen LogP contribution >= 0.6 is 0 Å². The molecule has 4 nitrogen and oxygen atoms in total. The fourth-order valence-corrected chi connectivity index (χ4v) is 3.54. The molecule has 2 heterocycles. The van der Waals surface area contributed by atoms with E-state index >= 15 is 0 Å². The first-order valence-electron chi connectivity index (χ1n) is 8.84. The van der Waals surface area contributed by atoms with E-state index in [4.69, 9.17) is 0 Å². The van der Waals surface area contributed by atoms with Gasteiger partial charge in [-0.05, 0) is 36.8 Å². The SMILES string of the molecule is Cc1cc2cc(C(=O)N3CCN(Cc4ccccc4)CC3)ccc2[nH]1. The third kappa shape index (κ3) is 3.44. The Labute approximate surface area is 148 Å². The fraction of sp³-hybridized carbons (Fsp3) is 0.286. The summed E-state index contributed by atoms with van der Waals surface area (Å²) >= 11 is 0. The third-order valence-corrected chi connectivity index (χ3v) is 4.91. The molecule has 4 heteroatoms. The minimum atomic E-state index is 0.139. The van der Waals surface area contributed by atoms with Crippen LogP contribution in [0.1, 0.15) is 21.6 Å². The van der Waals surface area contributed by atoms with Crippen molar-refractivity contribution in [3.63, 3.8) is 0 Å². The molecule has 1 fully saturated rings. The van der Waals surface area contributed by atoms with Crippen molar-refractivity contribution in [2.24, 2.45) is 0 Å². The van der Waals surface area contributed by atoms with Crippen molar-refractivity contribution < 1.29 is 4.79 Å². The number of carbonyl (C=O) groups excluding carboxylic acids is 1. The first-order chi connectivity index (χ1) is 12.2. The van der Waals surface area contributed by atoms with Gasteiger partial charge in [0.25, 0.3) is 5.91 Å². The number of nitrogens with zero attached hydrogens (tertiary/aromatic N) is 2. The van der Waals surface area contributed by atoms with Crippen LogP contribution in [-0.4, -0.2) is 46.9 Å². The molecule has 1 N–H and O–H groups in total. The average molecular weight is 333 g/mol. The normalized spacial score (nSPS) is 15.6. The van der Waals surface area contributed by atoms with Crippen molar-refractivity contribution in [2.45, 2.75) is 13.5 Å². The lowest BCUT2D eigenvalue weighted by Crippen LogP contribution is -2.48. The fourth-order valence-electron chi connectivity index (χ4n) is 3.54. The molecule has 2 aromatic carbocycles. The smallest absolute Gasteiger partial charge is 0.253 e. The number of aromatic nitrogens is 1. The molecule has 1 saturated heterocycles. The number of fused-ring (bicyclic) bond motifs is 1. The zero-order valence-corrected chi connectivity index (χ0v) is 14.5. The summed E-state index contributed by atoms with van der Waals surface area (Å²) in [5.74, 6) is 0.139. The molecular weight excluding hydrogens is 310 g/mol. The highest BCUT2D eigenvalue weighted by atomic mass is 16.2. The Hall–Kier alpha value is -2.59. The van der Waals surface area contributed by atoms with Gasteiger partial charge in [0.05, 0.1) is 0 Å². The Morgan fingerprint density at radius 3 is 2.52 bits per heavy atom. The standard InChI is InChI=1S/C21H23N3O/c1-16-13-19-14-18(7-8-20(19)22-16)21(25)24-11-9-23(10-12-24)15-17-5-3-2-4-6-17/h2-8,13-14,22H,9-12,15H2,1H3. The van der Waals surface area contributed by atoms with E-state index in [-0.39, 0.29) is 5.91 Å². The Kier molecular flexibility index (Phi) is 4.28. The van der Waals surface area contributed by atoms with Crippen LogP contribution in [0.3, 0.4) is 0 Å². The van der Waals surface area contributed by atoms with E-state index in [0.717, 1.165) is 54.9 Å². The molecule has 4 rings (SSSR count). The largest absolute Gasteiger partial charge is 0.359 e. The molecule has 0 aliphatic carbocycles. The first-order valence-corrected chi connectivity index (χ1v) is 8.84. The van der Waals surface area contributed by atoms with Gasteiger partial charge in [-0.1, -0.05) is 30.3 Å². The molecule has 1 aliphatic rings. The van der Waals surface area contributed by atoms with Gasteiger partial charge in [0, 0.05) is 54.9 Å². The van der Waals surface area contributed by atoms with Crippen molar-refractivity contribution in [2.75, 3.05) is 26.2 Å². The van der Waals surface area contributed by atoms with Gasteiger partial charge in [-0.15, -0.1) is 0 Å². The molecule has 1 aromatic heterocycles. The second-order valence-electron chi connectivity index (χ2n) is 6.81. The molecule has 0 bridgehead atoms. The lowest BCUT2D eigenvalue weighted by atomic mass is 10.1. The highest BCUT2D eigenvalue weighted by Gasteiger charge is 2.22. The average Bonchev–Trinajstić information content (AvgIpc) is 3.02. The van der Waals surface area contributed by atoms with E-state index in [1.165, 1.54) is 5.56 Å². The van der Waals surface area contributed by atoms with Gasteiger partial charge in [0.1, 0.15) is 0 Å². The molecule has 0 saturated carbocycles. The number of H-pyrrole nitrogens is 1. The molecular formula is C21H23N3O. The van der Waals surface area contributed by atoms with Crippen molar-refractivity contribution in [1.82, 2.24) is 14.8 Å². The van der Waals surface area contributed by atoms with E-state index in [1.54, 1.807) is 0 Å². The van der Waals surface area contributed by atoms with Gasteiger partial charge >= 0.3 is 0 Å². The predicted octanol–water partition coefficient (Wildman–Crippen LogP) is 3.43. The van der Waals surface area contributed by atoms with Gasteiger partial charge in [-0.2, -0.15) is 0 Å². The maximum absolute atomic E-state index is 12.8. The molecule has 25 heavy (non-hydrogen) atoms. The van der Waals surface area contributed by atoms with Crippen LogP contribution in [0.15, 0.2) is 54.6 Å². The van der Waals surface area contributed by atoms with Gasteiger partial charge in [0.2, 0.25) is 0 Å². The zero-order valence-electron chi connectivity index (χ0n) is 14.5. The second kappa shape index (κ2) is 6.73. The summed E-state index contributed by atoms with van der Waals surface area (Å²) in [4.78, 5) is 20.5. The Bertz CT molecular complexity index is 877. The van der Waals surface area contributed by atoms with Crippen molar-refractivity contribution in [3.05, 3.63) is 71.4 Å². The summed E-state index contributed by atoms with van der Waals surface area (Å²) in [5, 5.41) is 1.10. The van der Waals surface area contributed by atoms with Crippen molar-refractivity contribution in [1.29, 1.82) is 0 Å². The summed E-state index contributed by atoms with van der Waals surface area (Å²) in [6.07, 6.45) is 0. The van der Waals surface area contributed by atoms with Crippen molar-refractivity contribution in [3.8, 4) is 0 Å². The van der Waals surface area contributed by atoms with E-state index in [0.29, 0.717) is 0 Å². The van der Waals surface area contributed by atoms with Crippen LogP contribution in [0.25, 0.3) is 10.9 Å². The summed E-state index contributed by atoms with van der Waals surface area (Å²) < 4.78 is 0. The number of carbonyl (C=O) groups is 1. The summed E-state index contributed by atoms with van der Waals surface area (Å²) in [6.45, 7) is 6.41. The number of aromatic amines is 1. The van der Waals surface area contributed by atoms with Gasteiger partial charge < -0.3 is 9.88 Å². The Morgan fingerprint density at radius 1 is 1.00 bits per heavy atom. The van der Waals surface area contributed by atoms with Crippen LogP contribution in [0.5, 0.6) is 0 Å². The molecule has 128 valence electrons. The summed E-state index contributed by atoms with van der Waals surface area (Å²) in [6, 6.07) is 18.5. The lowest BCUT2D eigenvalue weighted by molar-refractivity contribution is 0.0628. The molecule has 0 radical (unpaired) electrons. The highest BCUT2D eigenvalue weighted by Crippen LogP contribution is 2.19. The number of hydrogen-bond acceptors (Lipinski definition) is 2. The molecule has 3 aromatic rings. The van der Waals surface area contributed by atoms with E-state index in [2.05, 4.69) is 40.2 Å². The minimum absolute atomic E-state index is 0.139. The first kappa shape index (κ1) is 15.9. The predicted molar refractivity (Wildman–Crippen MR) is 101 cm³/mol. The van der Waals surface area contributed by atoms with Crippen molar-refractivity contribution >= 4 is 16.8 Å². The second-order valence-corrected chi connectivity index (χ2v) is 6.81. The van der Waals surface area contributed by atoms with Gasteiger partial charge in [-0.3, -0.25) is 9.69 Å². The summed E-state index contributed by atoms with van der Waals surface area (Å²) in [5.41, 5.74) is 4.31. The van der Waals surface area contributed by atoms with E-state index < -0.39 is 0 Å². The number of rotatable bonds is 3. The Morgan fingerprint density at radius 2 is 1.76 bits per heavy atom. The topological polar surface area (TPSA) is 39.3 Å². The van der Waals surface area contributed by atoms with Crippen LogP contribution in [0.4, 0.5) is 0 Å². The van der Waals surface area contributed by atoms with E-state index in [1.807, 2.05) is 36.1 Å². The van der Waals surface area contributed by atoms with Crippen LogP contribution in [0.2, 0.25) is 0 Å². The number of amides is 1. The van der Waals surface area contributed by atoms with Gasteiger partial charge in [0.15, 0.2) is 0 Å². The van der Waals surface area contributed by atoms with E-state index in [9.17, 15) is 4.79 Å². The monoisotopic (exact) mass is 333 g/mol. The van der Waals surface area contributed by atoms with Crippen LogP contribution in [-0.2, 0) is 6.54 Å². The summed E-state index contributed by atoms with van der Waals surface area (Å²) in [7, 11) is 0. The molecule has 0 unspecified atom stereocenters. The third-order valence-electron chi connectivity index (χ3n) is 4.91. The van der Waals surface area contributed by atoms with Crippen LogP contribution in [0, 0.1) is 6.92 Å². The molecule has 1 amide bonds. The lowest BCUT2D eigenvalue weighted by Gasteiger charge is -2.34. The maximum Gasteiger partial charge on any atom is 0.253 e. The number of nitrogens with one attached hydrogen (secondary N) is 1. The highest BCUT2D eigenvalue weighted by molar-refractivity contribution is 5.98. The number of piperazine rings is 1. The molecule has 0 atom stereocenters. The number of aryl methyl sites for hydroxylation is 1. The van der Waals surface area contributed by atoms with Gasteiger partial charge in [-0.25, -0.2) is 0 Å². The number of hydrogen-bond donors (Lipinski definition) is 1. The van der Waals surface area contributed by atoms with Crippen LogP contribution < -0.4 is 0 Å². The minimum Gasteiger partial charge on any atom is -0.359 e. The number of benzene rings is 2. The Balaban J connectivity index is 1.40. The zero-order chi connectivity index (χ0) is 17.2. The molecule has 0 spiro atoms. The quantitative estimate of drug-likeness (QED) is 0.797. The molecule has 1 aliphatic heterocycles. The maximum atomic E-state index is 12.8.